The Balaban J connectivity index is 1.08. The van der Waals surface area contributed by atoms with E-state index in [4.69, 9.17) is 11.6 Å². The molecule has 0 saturated carbocycles. The fraction of sp³-hybridized carbons (Fsp3) is 0.500. The zero-order chi connectivity index (χ0) is 25.4. The van der Waals surface area contributed by atoms with Gasteiger partial charge in [0, 0.05) is 51.0 Å². The summed E-state index contributed by atoms with van der Waals surface area (Å²) in [6, 6.07) is 15.5. The Morgan fingerprint density at radius 1 is 1.00 bits per heavy atom. The summed E-state index contributed by atoms with van der Waals surface area (Å²) in [5.74, 6) is 0.347. The number of carbonyl (C=O) groups excluding carboxylic acids is 2. The molecule has 3 fully saturated rings. The summed E-state index contributed by atoms with van der Waals surface area (Å²) in [6.07, 6.45) is 1.81. The molecule has 8 heteroatoms. The highest BCUT2D eigenvalue weighted by molar-refractivity contribution is 6.34. The number of hydrogen-bond donors (Lipinski definition) is 2. The first kappa shape index (κ1) is 25.1. The Bertz CT molecular complexity index is 1110. The second-order valence-corrected chi connectivity index (χ2v) is 11.2. The van der Waals surface area contributed by atoms with Crippen molar-refractivity contribution in [3.8, 4) is 0 Å². The molecule has 5 rings (SSSR count). The minimum absolute atomic E-state index is 0.00887. The largest absolute Gasteiger partial charge is 0.380 e. The Labute approximate surface area is 218 Å². The molecule has 192 valence electrons. The van der Waals surface area contributed by atoms with Gasteiger partial charge in [0.25, 0.3) is 11.8 Å². The molecule has 3 aliphatic heterocycles. The maximum absolute atomic E-state index is 13.0. The minimum atomic E-state index is -1.50. The molecule has 3 saturated heterocycles. The van der Waals surface area contributed by atoms with Gasteiger partial charge in [0.1, 0.15) is 0 Å². The van der Waals surface area contributed by atoms with E-state index in [0.717, 1.165) is 44.7 Å². The molecule has 36 heavy (non-hydrogen) atoms. The quantitative estimate of drug-likeness (QED) is 0.622. The number of nitrogens with zero attached hydrogens (tertiary/aromatic N) is 3. The average molecular weight is 511 g/mol. The van der Waals surface area contributed by atoms with Crippen LogP contribution in [0.2, 0.25) is 5.02 Å². The lowest BCUT2D eigenvalue weighted by Crippen LogP contribution is -2.61. The van der Waals surface area contributed by atoms with Gasteiger partial charge in [0.15, 0.2) is 5.60 Å². The summed E-state index contributed by atoms with van der Waals surface area (Å²) in [6.45, 7) is 8.50. The molecule has 0 aliphatic carbocycles. The van der Waals surface area contributed by atoms with Crippen molar-refractivity contribution in [3.05, 3.63) is 64.7 Å². The van der Waals surface area contributed by atoms with Crippen LogP contribution in [0.3, 0.4) is 0 Å². The van der Waals surface area contributed by atoms with Crippen molar-refractivity contribution in [1.29, 1.82) is 0 Å². The highest BCUT2D eigenvalue weighted by atomic mass is 35.5. The number of piperidine rings is 1. The third-order valence-corrected chi connectivity index (χ3v) is 8.16. The highest BCUT2D eigenvalue weighted by Gasteiger charge is 2.40. The van der Waals surface area contributed by atoms with Crippen LogP contribution in [0.25, 0.3) is 0 Å². The number of hydrogen-bond acceptors (Lipinski definition) is 5. The Morgan fingerprint density at radius 2 is 1.67 bits per heavy atom. The molecule has 2 aromatic rings. The number of rotatable bonds is 6. The van der Waals surface area contributed by atoms with E-state index in [9.17, 15) is 14.7 Å². The Kier molecular flexibility index (Phi) is 6.99. The number of nitrogens with one attached hydrogen (secondary N) is 1. The van der Waals surface area contributed by atoms with Gasteiger partial charge in [0.05, 0.1) is 16.6 Å². The predicted molar refractivity (Wildman–Crippen MR) is 141 cm³/mol. The van der Waals surface area contributed by atoms with Crippen molar-refractivity contribution >= 4 is 29.1 Å². The van der Waals surface area contributed by atoms with E-state index in [1.807, 2.05) is 41.3 Å². The molecule has 3 aliphatic rings. The van der Waals surface area contributed by atoms with Crippen molar-refractivity contribution in [2.45, 2.75) is 44.4 Å². The van der Waals surface area contributed by atoms with Crippen molar-refractivity contribution in [1.82, 2.24) is 14.7 Å². The molecule has 1 unspecified atom stereocenters. The second-order valence-electron chi connectivity index (χ2n) is 10.8. The van der Waals surface area contributed by atoms with Crippen LogP contribution < -0.4 is 5.32 Å². The lowest BCUT2D eigenvalue weighted by atomic mass is 9.92. The summed E-state index contributed by atoms with van der Waals surface area (Å²) in [5.41, 5.74) is 0.620. The molecule has 0 aromatic heterocycles. The molecule has 3 heterocycles. The maximum atomic E-state index is 13.0. The van der Waals surface area contributed by atoms with E-state index in [1.54, 1.807) is 24.0 Å². The summed E-state index contributed by atoms with van der Waals surface area (Å²) in [5, 5.41) is 14.9. The maximum Gasteiger partial charge on any atom is 0.258 e. The smallest absolute Gasteiger partial charge is 0.258 e. The predicted octanol–water partition coefficient (Wildman–Crippen LogP) is 3.43. The number of likely N-dealkylation sites (tertiary alicyclic amines) is 3. The van der Waals surface area contributed by atoms with Crippen molar-refractivity contribution in [2.24, 2.45) is 5.92 Å². The van der Waals surface area contributed by atoms with Crippen LogP contribution >= 0.6 is 11.6 Å². The summed E-state index contributed by atoms with van der Waals surface area (Å²) in [7, 11) is 0. The van der Waals surface area contributed by atoms with Gasteiger partial charge in [-0.3, -0.25) is 14.5 Å². The van der Waals surface area contributed by atoms with Gasteiger partial charge in [-0.15, -0.1) is 0 Å². The van der Waals surface area contributed by atoms with E-state index >= 15 is 0 Å². The summed E-state index contributed by atoms with van der Waals surface area (Å²) < 4.78 is 0. The Hall–Kier alpha value is -2.61. The molecule has 0 spiro atoms. The summed E-state index contributed by atoms with van der Waals surface area (Å²) >= 11 is 6.44. The zero-order valence-electron chi connectivity index (χ0n) is 21.0. The molecular weight excluding hydrogens is 476 g/mol. The number of anilines is 1. The van der Waals surface area contributed by atoms with E-state index in [1.165, 1.54) is 0 Å². The monoisotopic (exact) mass is 510 g/mol. The number of benzene rings is 2. The van der Waals surface area contributed by atoms with Crippen molar-refractivity contribution in [3.63, 3.8) is 0 Å². The van der Waals surface area contributed by atoms with Gasteiger partial charge in [-0.25, -0.2) is 0 Å². The first-order valence-electron chi connectivity index (χ1n) is 12.9. The van der Waals surface area contributed by atoms with E-state index in [-0.39, 0.29) is 11.8 Å². The van der Waals surface area contributed by atoms with Crippen molar-refractivity contribution < 1.29 is 14.7 Å². The van der Waals surface area contributed by atoms with Crippen LogP contribution in [-0.4, -0.2) is 83.0 Å². The van der Waals surface area contributed by atoms with Crippen LogP contribution in [0.15, 0.2) is 48.5 Å². The van der Waals surface area contributed by atoms with Gasteiger partial charge < -0.3 is 20.2 Å². The van der Waals surface area contributed by atoms with E-state index in [0.29, 0.717) is 47.2 Å². The van der Waals surface area contributed by atoms with Crippen LogP contribution in [0.1, 0.15) is 42.6 Å². The van der Waals surface area contributed by atoms with Crippen LogP contribution in [0.4, 0.5) is 5.69 Å². The summed E-state index contributed by atoms with van der Waals surface area (Å²) in [4.78, 5) is 31.7. The van der Waals surface area contributed by atoms with Crippen LogP contribution in [0.5, 0.6) is 0 Å². The molecule has 1 atom stereocenters. The topological polar surface area (TPSA) is 76.1 Å². The van der Waals surface area contributed by atoms with E-state index in [2.05, 4.69) is 17.1 Å². The number of carbonyl (C=O) groups is 2. The van der Waals surface area contributed by atoms with Crippen molar-refractivity contribution in [2.75, 3.05) is 44.6 Å². The minimum Gasteiger partial charge on any atom is -0.380 e. The first-order valence-corrected chi connectivity index (χ1v) is 13.3. The molecule has 2 N–H and O–H groups in total. The lowest BCUT2D eigenvalue weighted by molar-refractivity contribution is -0.152. The molecule has 2 amide bonds. The molecule has 7 nitrogen and oxygen atoms in total. The fourth-order valence-corrected chi connectivity index (χ4v) is 5.84. The number of amides is 2. The third kappa shape index (κ3) is 4.97. The normalized spacial score (nSPS) is 21.4. The second kappa shape index (κ2) is 10.0. The molecule has 2 aromatic carbocycles. The van der Waals surface area contributed by atoms with Crippen LogP contribution in [-0.2, 0) is 10.4 Å². The number of aliphatic hydroxyl groups is 1. The fourth-order valence-electron chi connectivity index (χ4n) is 5.58. The van der Waals surface area contributed by atoms with E-state index < -0.39 is 5.60 Å². The lowest BCUT2D eigenvalue weighted by Gasteiger charge is -2.48. The molecule has 0 radical (unpaired) electrons. The SMILES string of the molecule is CC1CN(C(=O)c2ccc(NC3CN(C4CCN(C(=O)C(C)(O)c5ccccc5)CC4)C3)cc2Cl)C1. The Morgan fingerprint density at radius 3 is 2.28 bits per heavy atom. The number of halogens is 1. The third-order valence-electron chi connectivity index (χ3n) is 7.85. The van der Waals surface area contributed by atoms with Gasteiger partial charge >= 0.3 is 0 Å². The van der Waals surface area contributed by atoms with Gasteiger partial charge in [-0.05, 0) is 49.4 Å². The first-order chi connectivity index (χ1) is 17.2. The standard InChI is InChI=1S/C28H35ClN4O3/c1-19-15-33(16-19)26(34)24-9-8-21(14-25(24)29)30-22-17-32(18-22)23-10-12-31(13-11-23)27(35)28(2,36)20-6-4-3-5-7-20/h3-9,14,19,22-23,30,36H,10-13,15-18H2,1-2H3. The van der Waals surface area contributed by atoms with Gasteiger partial charge in [0.2, 0.25) is 0 Å². The molecular formula is C28H35ClN4O3. The zero-order valence-corrected chi connectivity index (χ0v) is 21.7. The van der Waals surface area contributed by atoms with Gasteiger partial charge in [-0.2, -0.15) is 0 Å². The molecule has 0 bridgehead atoms. The van der Waals surface area contributed by atoms with Crippen LogP contribution in [0, 0.1) is 5.92 Å². The highest BCUT2D eigenvalue weighted by Crippen LogP contribution is 2.30. The average Bonchev–Trinajstić information content (AvgIpc) is 2.84. The van der Waals surface area contributed by atoms with Gasteiger partial charge in [-0.1, -0.05) is 48.9 Å².